The van der Waals surface area contributed by atoms with Gasteiger partial charge in [0.2, 0.25) is 0 Å². The molecule has 2 heterocycles. The van der Waals surface area contributed by atoms with Crippen molar-refractivity contribution in [3.05, 3.63) is 45.5 Å². The molecule has 0 saturated heterocycles. The number of ketones is 1. The molecule has 236 valence electrons. The summed E-state index contributed by atoms with van der Waals surface area (Å²) < 4.78 is 50.4. The zero-order valence-corrected chi connectivity index (χ0v) is 25.9. The lowest BCUT2D eigenvalue weighted by molar-refractivity contribution is -0.152. The summed E-state index contributed by atoms with van der Waals surface area (Å²) in [5.74, 6) is -2.75. The summed E-state index contributed by atoms with van der Waals surface area (Å²) in [6, 6.07) is -0.739. The van der Waals surface area contributed by atoms with E-state index in [0.29, 0.717) is 12.8 Å². The summed E-state index contributed by atoms with van der Waals surface area (Å²) in [7, 11) is 0. The van der Waals surface area contributed by atoms with Gasteiger partial charge >= 0.3 is 12.1 Å². The Hall–Kier alpha value is -2.70. The van der Waals surface area contributed by atoms with E-state index in [-0.39, 0.29) is 65.5 Å². The fourth-order valence-corrected chi connectivity index (χ4v) is 6.40. The van der Waals surface area contributed by atoms with Crippen molar-refractivity contribution in [2.24, 2.45) is 11.3 Å². The van der Waals surface area contributed by atoms with Crippen molar-refractivity contribution < 1.29 is 37.4 Å². The number of nitrogens with zero attached hydrogens (tertiary/aromatic N) is 4. The van der Waals surface area contributed by atoms with E-state index in [1.165, 1.54) is 12.4 Å². The number of aromatic nitrogens is 3. The van der Waals surface area contributed by atoms with Crippen molar-refractivity contribution in [3.63, 3.8) is 0 Å². The minimum atomic E-state index is -4.94. The van der Waals surface area contributed by atoms with Crippen molar-refractivity contribution in [2.45, 2.75) is 90.1 Å². The van der Waals surface area contributed by atoms with Crippen LogP contribution in [0.5, 0.6) is 0 Å². The molecular weight excluding hydrogens is 612 g/mol. The molecular formula is C29H35Cl2F3N4O5. The lowest BCUT2D eigenvalue weighted by Crippen LogP contribution is -2.46. The van der Waals surface area contributed by atoms with Crippen LogP contribution < -0.4 is 0 Å². The molecule has 43 heavy (non-hydrogen) atoms. The van der Waals surface area contributed by atoms with Crippen molar-refractivity contribution in [1.29, 1.82) is 0 Å². The van der Waals surface area contributed by atoms with Crippen LogP contribution in [0.3, 0.4) is 0 Å². The third-order valence-corrected chi connectivity index (χ3v) is 8.73. The Bertz CT molecular complexity index is 1360. The van der Waals surface area contributed by atoms with Crippen LogP contribution in [0.1, 0.15) is 98.7 Å². The van der Waals surface area contributed by atoms with Gasteiger partial charge < -0.3 is 14.7 Å². The van der Waals surface area contributed by atoms with E-state index in [1.54, 1.807) is 6.92 Å². The van der Waals surface area contributed by atoms with E-state index >= 15 is 0 Å². The molecule has 2 aromatic rings. The summed E-state index contributed by atoms with van der Waals surface area (Å²) in [6.07, 6.45) is 0.0942. The molecule has 9 nitrogen and oxygen atoms in total. The first kappa shape index (κ1) is 33.2. The molecule has 1 N–H and O–H groups in total. The predicted molar refractivity (Wildman–Crippen MR) is 152 cm³/mol. The standard InChI is InChI=1S/C29H35Cl2F3N4O5/c1-27(2,3)43-18-9-16(10-18)14-37(15-22(39)23-20(30)12-35-13-21(23)31)25(40)19-11-36-38(24(19)29(32,33)34)17-5-7-28(4,8-6-17)26(41)42/h11-13,16-18H,5-10,14-15H2,1-4H3,(H,41,42)/t16?,17-,18?,28-. The van der Waals surface area contributed by atoms with E-state index in [1.807, 2.05) is 20.8 Å². The second kappa shape index (κ2) is 12.4. The Morgan fingerprint density at radius 1 is 1.09 bits per heavy atom. The first-order valence-electron chi connectivity index (χ1n) is 14.1. The third kappa shape index (κ3) is 7.51. The van der Waals surface area contributed by atoms with E-state index in [2.05, 4.69) is 10.1 Å². The molecule has 2 aromatic heterocycles. The topological polar surface area (TPSA) is 115 Å². The SMILES string of the molecule is CC(C)(C)OC1CC(CN(CC(=O)c2c(Cl)cncc2Cl)C(=O)c2cnn([C@H]3CC[C@](C)(C(=O)O)CC3)c2C(F)(F)F)C1. The second-order valence-corrected chi connectivity index (χ2v) is 13.5. The third-order valence-electron chi connectivity index (χ3n) is 8.16. The first-order valence-corrected chi connectivity index (χ1v) is 14.8. The zero-order chi connectivity index (χ0) is 31.9. The van der Waals surface area contributed by atoms with Gasteiger partial charge in [-0.05, 0) is 72.1 Å². The van der Waals surface area contributed by atoms with Gasteiger partial charge in [-0.25, -0.2) is 0 Å². The number of halogens is 5. The highest BCUT2D eigenvalue weighted by Gasteiger charge is 2.45. The van der Waals surface area contributed by atoms with Gasteiger partial charge in [0, 0.05) is 18.9 Å². The highest BCUT2D eigenvalue weighted by atomic mass is 35.5. The highest BCUT2D eigenvalue weighted by molar-refractivity contribution is 6.39. The number of alkyl halides is 3. The number of carbonyl (C=O) groups is 3. The largest absolute Gasteiger partial charge is 0.481 e. The van der Waals surface area contributed by atoms with Crippen molar-refractivity contribution in [1.82, 2.24) is 19.7 Å². The average Bonchev–Trinajstić information content (AvgIpc) is 3.32. The van der Waals surface area contributed by atoms with Gasteiger partial charge in [-0.2, -0.15) is 18.3 Å². The van der Waals surface area contributed by atoms with Crippen molar-refractivity contribution in [2.75, 3.05) is 13.1 Å². The number of hydrogen-bond donors (Lipinski definition) is 1. The van der Waals surface area contributed by atoms with Gasteiger partial charge in [0.15, 0.2) is 11.5 Å². The molecule has 14 heteroatoms. The zero-order valence-electron chi connectivity index (χ0n) is 24.4. The Labute approximate surface area is 257 Å². The number of carboxylic acids is 1. The quantitative estimate of drug-likeness (QED) is 0.300. The van der Waals surface area contributed by atoms with Gasteiger partial charge in [-0.1, -0.05) is 23.2 Å². The molecule has 2 aliphatic carbocycles. The molecule has 0 aromatic carbocycles. The summed E-state index contributed by atoms with van der Waals surface area (Å²) in [5, 5.41) is 13.4. The lowest BCUT2D eigenvalue weighted by Gasteiger charge is -2.41. The summed E-state index contributed by atoms with van der Waals surface area (Å²) in [6.45, 7) is 6.78. The number of carbonyl (C=O) groups excluding carboxylic acids is 2. The van der Waals surface area contributed by atoms with E-state index in [9.17, 15) is 32.7 Å². The molecule has 0 atom stereocenters. The summed E-state index contributed by atoms with van der Waals surface area (Å²) >= 11 is 12.3. The van der Waals surface area contributed by atoms with Crippen LogP contribution in [0.4, 0.5) is 13.2 Å². The molecule has 0 bridgehead atoms. The highest BCUT2D eigenvalue weighted by Crippen LogP contribution is 2.44. The van der Waals surface area contributed by atoms with E-state index in [4.69, 9.17) is 27.9 Å². The van der Waals surface area contributed by atoms with Crippen LogP contribution in [-0.4, -0.2) is 67.2 Å². The Kier molecular flexibility index (Phi) is 9.54. The van der Waals surface area contributed by atoms with Crippen molar-refractivity contribution >= 4 is 40.9 Å². The minimum Gasteiger partial charge on any atom is -0.481 e. The fourth-order valence-electron chi connectivity index (χ4n) is 5.83. The summed E-state index contributed by atoms with van der Waals surface area (Å²) in [5.41, 5.74) is -3.39. The molecule has 2 aliphatic rings. The van der Waals surface area contributed by atoms with Gasteiger partial charge in [0.1, 0.15) is 0 Å². The number of Topliss-reactive ketones (excluding diaryl/α,β-unsaturated/α-hetero) is 1. The molecule has 1 amide bonds. The predicted octanol–water partition coefficient (Wildman–Crippen LogP) is 6.73. The maximum Gasteiger partial charge on any atom is 0.433 e. The number of hydrogen-bond acceptors (Lipinski definition) is 6. The molecule has 0 radical (unpaired) electrons. The van der Waals surface area contributed by atoms with Crippen LogP contribution in [0.25, 0.3) is 0 Å². The van der Waals surface area contributed by atoms with E-state index in [0.717, 1.165) is 15.8 Å². The molecule has 4 rings (SSSR count). The number of rotatable bonds is 9. The maximum atomic E-state index is 14.5. The van der Waals surface area contributed by atoms with Crippen LogP contribution >= 0.6 is 23.2 Å². The van der Waals surface area contributed by atoms with Crippen LogP contribution in [0.15, 0.2) is 18.6 Å². The minimum absolute atomic E-state index is 0.0117. The number of carboxylic acid groups (broad SMARTS) is 1. The normalized spacial score (nSPS) is 24.3. The molecule has 2 saturated carbocycles. The van der Waals surface area contributed by atoms with Crippen LogP contribution in [0, 0.1) is 11.3 Å². The van der Waals surface area contributed by atoms with Crippen LogP contribution in [0.2, 0.25) is 10.0 Å². The molecule has 0 spiro atoms. The second-order valence-electron chi connectivity index (χ2n) is 12.7. The van der Waals surface area contributed by atoms with Gasteiger partial charge in [-0.3, -0.25) is 24.0 Å². The van der Waals surface area contributed by atoms with Gasteiger partial charge in [0.05, 0.1) is 57.1 Å². The number of amides is 1. The van der Waals surface area contributed by atoms with Crippen molar-refractivity contribution in [3.8, 4) is 0 Å². The summed E-state index contributed by atoms with van der Waals surface area (Å²) in [4.78, 5) is 43.7. The van der Waals surface area contributed by atoms with E-state index < -0.39 is 53.1 Å². The molecule has 0 aliphatic heterocycles. The Morgan fingerprint density at radius 3 is 2.19 bits per heavy atom. The Balaban J connectivity index is 1.63. The maximum absolute atomic E-state index is 14.5. The first-order chi connectivity index (χ1) is 19.9. The Morgan fingerprint density at radius 2 is 1.67 bits per heavy atom. The van der Waals surface area contributed by atoms with Crippen LogP contribution in [-0.2, 0) is 15.7 Å². The lowest BCUT2D eigenvalue weighted by atomic mass is 9.74. The molecule has 2 fully saturated rings. The van der Waals surface area contributed by atoms with Gasteiger partial charge in [-0.15, -0.1) is 0 Å². The number of ether oxygens (including phenoxy) is 1. The monoisotopic (exact) mass is 646 g/mol. The fraction of sp³-hybridized carbons (Fsp3) is 0.621. The number of aliphatic carboxylic acids is 1. The van der Waals surface area contributed by atoms with Gasteiger partial charge in [0.25, 0.3) is 5.91 Å². The molecule has 0 unspecified atom stereocenters. The average molecular weight is 648 g/mol. The smallest absolute Gasteiger partial charge is 0.433 e. The number of pyridine rings is 1.